The molecule has 2 heterocycles. The van der Waals surface area contributed by atoms with Crippen LogP contribution in [0.5, 0.6) is 0 Å². The Balaban J connectivity index is 2.23. The Kier molecular flexibility index (Phi) is 3.68. The van der Waals surface area contributed by atoms with Gasteiger partial charge in [-0.3, -0.25) is 0 Å². The van der Waals surface area contributed by atoms with E-state index in [0.717, 1.165) is 14.5 Å². The molecule has 2 N–H and O–H groups in total. The number of aromatic nitrogens is 2. The summed E-state index contributed by atoms with van der Waals surface area (Å²) < 4.78 is 0.860. The summed E-state index contributed by atoms with van der Waals surface area (Å²) in [6.07, 6.45) is 3.30. The van der Waals surface area contributed by atoms with Crippen molar-refractivity contribution in [3.8, 4) is 0 Å². The van der Waals surface area contributed by atoms with E-state index < -0.39 is 0 Å². The summed E-state index contributed by atoms with van der Waals surface area (Å²) >= 11 is 10.5. The number of nitrogens with two attached hydrogens (primary N) is 1. The molecular weight excluding hydrogens is 310 g/mol. The molecule has 0 aromatic carbocycles. The van der Waals surface area contributed by atoms with Crippen molar-refractivity contribution in [3.63, 3.8) is 0 Å². The third-order valence-corrected chi connectivity index (χ3v) is 3.39. The van der Waals surface area contributed by atoms with Crippen LogP contribution in [0, 0.1) is 0 Å². The fraction of sp³-hybridized carbons (Fsp3) is 0. The highest BCUT2D eigenvalue weighted by atomic mass is 79.9. The van der Waals surface area contributed by atoms with Gasteiger partial charge in [-0.05, 0) is 45.9 Å². The minimum atomic E-state index is 0.612. The number of rotatable bonds is 2. The lowest BCUT2D eigenvalue weighted by Crippen LogP contribution is -1.92. The number of pyridine rings is 2. The summed E-state index contributed by atoms with van der Waals surface area (Å²) in [5.41, 5.74) is 6.45. The van der Waals surface area contributed by atoms with Crippen molar-refractivity contribution in [2.24, 2.45) is 0 Å². The van der Waals surface area contributed by atoms with Gasteiger partial charge >= 0.3 is 0 Å². The van der Waals surface area contributed by atoms with Crippen molar-refractivity contribution in [2.45, 2.75) is 10.1 Å². The lowest BCUT2D eigenvalue weighted by molar-refractivity contribution is 1.09. The lowest BCUT2D eigenvalue weighted by atomic mass is 10.4. The van der Waals surface area contributed by atoms with Crippen LogP contribution in [0.2, 0.25) is 5.02 Å². The van der Waals surface area contributed by atoms with Gasteiger partial charge < -0.3 is 5.73 Å². The van der Waals surface area contributed by atoms with Crippen LogP contribution in [-0.2, 0) is 0 Å². The van der Waals surface area contributed by atoms with Gasteiger partial charge in [0.05, 0.1) is 10.7 Å². The van der Waals surface area contributed by atoms with Crippen LogP contribution in [-0.4, -0.2) is 9.97 Å². The minimum absolute atomic E-state index is 0.612. The van der Waals surface area contributed by atoms with E-state index in [1.54, 1.807) is 18.5 Å². The maximum absolute atomic E-state index is 5.83. The molecule has 2 aromatic rings. The van der Waals surface area contributed by atoms with Gasteiger partial charge in [-0.2, -0.15) is 0 Å². The van der Waals surface area contributed by atoms with Crippen molar-refractivity contribution >= 4 is 45.0 Å². The standard InChI is InChI=1S/C10H7BrClN3S/c11-6-3-8(13)10(15-4-6)16-9-2-1-7(12)5-14-9/h1-5H,13H2. The highest BCUT2D eigenvalue weighted by Crippen LogP contribution is 2.30. The van der Waals surface area contributed by atoms with E-state index in [9.17, 15) is 0 Å². The van der Waals surface area contributed by atoms with Crippen LogP contribution in [0.25, 0.3) is 0 Å². The van der Waals surface area contributed by atoms with Crippen LogP contribution in [0.3, 0.4) is 0 Å². The van der Waals surface area contributed by atoms with E-state index in [0.29, 0.717) is 10.7 Å². The summed E-state index contributed by atoms with van der Waals surface area (Å²) in [5, 5.41) is 2.16. The Morgan fingerprint density at radius 3 is 2.69 bits per heavy atom. The van der Waals surface area contributed by atoms with Crippen molar-refractivity contribution in [1.29, 1.82) is 0 Å². The molecule has 2 aromatic heterocycles. The van der Waals surface area contributed by atoms with Crippen LogP contribution in [0.1, 0.15) is 0 Å². The summed E-state index contributed by atoms with van der Waals surface area (Å²) in [6, 6.07) is 5.42. The second-order valence-electron chi connectivity index (χ2n) is 2.96. The fourth-order valence-corrected chi connectivity index (χ4v) is 2.23. The predicted octanol–water partition coefficient (Wildman–Crippen LogP) is 3.63. The largest absolute Gasteiger partial charge is 0.397 e. The monoisotopic (exact) mass is 315 g/mol. The maximum Gasteiger partial charge on any atom is 0.125 e. The number of hydrogen-bond donors (Lipinski definition) is 1. The van der Waals surface area contributed by atoms with E-state index in [1.165, 1.54) is 11.8 Å². The first kappa shape index (κ1) is 11.7. The molecular formula is C10H7BrClN3S. The zero-order chi connectivity index (χ0) is 11.5. The zero-order valence-electron chi connectivity index (χ0n) is 8.02. The highest BCUT2D eigenvalue weighted by Gasteiger charge is 2.05. The number of nitrogens with zero attached hydrogens (tertiary/aromatic N) is 2. The topological polar surface area (TPSA) is 51.8 Å². The molecule has 0 saturated carbocycles. The number of hydrogen-bond acceptors (Lipinski definition) is 4. The van der Waals surface area contributed by atoms with Crippen molar-refractivity contribution in [1.82, 2.24) is 9.97 Å². The Labute approximate surface area is 111 Å². The Morgan fingerprint density at radius 1 is 1.25 bits per heavy atom. The zero-order valence-corrected chi connectivity index (χ0v) is 11.2. The predicted molar refractivity (Wildman–Crippen MR) is 69.7 cm³/mol. The molecule has 82 valence electrons. The van der Waals surface area contributed by atoms with Crippen molar-refractivity contribution in [3.05, 3.63) is 40.1 Å². The van der Waals surface area contributed by atoms with E-state index in [-0.39, 0.29) is 0 Å². The molecule has 0 atom stereocenters. The van der Waals surface area contributed by atoms with Gasteiger partial charge in [-0.25, -0.2) is 9.97 Å². The average Bonchev–Trinajstić information content (AvgIpc) is 2.25. The van der Waals surface area contributed by atoms with Crippen molar-refractivity contribution in [2.75, 3.05) is 5.73 Å². The summed E-state index contributed by atoms with van der Waals surface area (Å²) in [7, 11) is 0. The second-order valence-corrected chi connectivity index (χ2v) is 5.33. The molecule has 16 heavy (non-hydrogen) atoms. The number of halogens is 2. The van der Waals surface area contributed by atoms with Crippen LogP contribution in [0.15, 0.2) is 45.1 Å². The van der Waals surface area contributed by atoms with Gasteiger partial charge in [-0.15, -0.1) is 0 Å². The van der Waals surface area contributed by atoms with Crippen LogP contribution in [0.4, 0.5) is 5.69 Å². The quantitative estimate of drug-likeness (QED) is 0.919. The van der Waals surface area contributed by atoms with Gasteiger partial charge in [0.1, 0.15) is 10.1 Å². The average molecular weight is 317 g/mol. The van der Waals surface area contributed by atoms with Gasteiger partial charge in [-0.1, -0.05) is 11.6 Å². The molecule has 6 heteroatoms. The van der Waals surface area contributed by atoms with Gasteiger partial charge in [0.25, 0.3) is 0 Å². The molecule has 0 spiro atoms. The smallest absolute Gasteiger partial charge is 0.125 e. The molecule has 0 amide bonds. The molecule has 2 rings (SSSR count). The van der Waals surface area contributed by atoms with Crippen LogP contribution < -0.4 is 5.73 Å². The molecule has 0 radical (unpaired) electrons. The van der Waals surface area contributed by atoms with E-state index >= 15 is 0 Å². The molecule has 0 bridgehead atoms. The van der Waals surface area contributed by atoms with E-state index in [4.69, 9.17) is 17.3 Å². The summed E-state index contributed by atoms with van der Waals surface area (Å²) in [5.74, 6) is 0. The summed E-state index contributed by atoms with van der Waals surface area (Å²) in [6.45, 7) is 0. The normalized spacial score (nSPS) is 10.4. The minimum Gasteiger partial charge on any atom is -0.397 e. The first-order valence-electron chi connectivity index (χ1n) is 4.35. The Bertz CT molecular complexity index is 504. The molecule has 0 aliphatic carbocycles. The molecule has 3 nitrogen and oxygen atoms in total. The van der Waals surface area contributed by atoms with E-state index in [1.807, 2.05) is 12.1 Å². The Morgan fingerprint density at radius 2 is 2.06 bits per heavy atom. The van der Waals surface area contributed by atoms with Gasteiger partial charge in [0.2, 0.25) is 0 Å². The number of nitrogen functional groups attached to an aromatic ring is 1. The van der Waals surface area contributed by atoms with Gasteiger partial charge in [0, 0.05) is 16.9 Å². The molecule has 0 fully saturated rings. The lowest BCUT2D eigenvalue weighted by Gasteiger charge is -2.03. The van der Waals surface area contributed by atoms with Crippen LogP contribution >= 0.6 is 39.3 Å². The molecule has 0 aliphatic rings. The fourth-order valence-electron chi connectivity index (χ4n) is 1.05. The third kappa shape index (κ3) is 2.87. The van der Waals surface area contributed by atoms with E-state index in [2.05, 4.69) is 25.9 Å². The first-order chi connectivity index (χ1) is 7.65. The summed E-state index contributed by atoms with van der Waals surface area (Å²) in [4.78, 5) is 8.37. The SMILES string of the molecule is Nc1cc(Br)cnc1Sc1ccc(Cl)cn1. The molecule has 0 aliphatic heterocycles. The maximum atomic E-state index is 5.83. The first-order valence-corrected chi connectivity index (χ1v) is 6.34. The molecule has 0 unspecified atom stereocenters. The highest BCUT2D eigenvalue weighted by molar-refractivity contribution is 9.10. The van der Waals surface area contributed by atoms with Crippen molar-refractivity contribution < 1.29 is 0 Å². The Hall–Kier alpha value is -0.780. The van der Waals surface area contributed by atoms with Gasteiger partial charge in [0.15, 0.2) is 0 Å². The second kappa shape index (κ2) is 5.03. The number of anilines is 1. The molecule has 0 saturated heterocycles. The third-order valence-electron chi connectivity index (χ3n) is 1.75.